The van der Waals surface area contributed by atoms with Crippen molar-refractivity contribution in [3.8, 4) is 0 Å². The van der Waals surface area contributed by atoms with Crippen LogP contribution in [0.15, 0.2) is 34.6 Å². The summed E-state index contributed by atoms with van der Waals surface area (Å²) in [7, 11) is 0. The van der Waals surface area contributed by atoms with Crippen LogP contribution < -0.4 is 11.1 Å². The highest BCUT2D eigenvalue weighted by molar-refractivity contribution is 5.93. The highest BCUT2D eigenvalue weighted by atomic mass is 16.2. The monoisotopic (exact) mass is 269 g/mol. The summed E-state index contributed by atoms with van der Waals surface area (Å²) in [6, 6.07) is 5.94. The molecule has 2 aliphatic rings. The molecule has 3 rings (SSSR count). The van der Waals surface area contributed by atoms with Gasteiger partial charge < -0.3 is 11.1 Å². The number of aliphatic imine (C=N–C) groups is 1. The molecule has 1 aliphatic carbocycles. The van der Waals surface area contributed by atoms with E-state index in [9.17, 15) is 4.79 Å². The van der Waals surface area contributed by atoms with Gasteiger partial charge in [-0.2, -0.15) is 0 Å². The van der Waals surface area contributed by atoms with Crippen LogP contribution in [0.4, 0.5) is 5.69 Å². The molecule has 4 heteroatoms. The van der Waals surface area contributed by atoms with E-state index in [1.807, 2.05) is 25.1 Å². The molecule has 1 aromatic carbocycles. The molecule has 1 atom stereocenters. The van der Waals surface area contributed by atoms with Gasteiger partial charge in [0.15, 0.2) is 0 Å². The van der Waals surface area contributed by atoms with Gasteiger partial charge in [-0.25, -0.2) is 4.99 Å². The molecule has 1 heterocycles. The number of amides is 1. The lowest BCUT2D eigenvalue weighted by atomic mass is 9.77. The van der Waals surface area contributed by atoms with Crippen molar-refractivity contribution >= 4 is 17.8 Å². The van der Waals surface area contributed by atoms with Crippen LogP contribution >= 0.6 is 0 Å². The minimum atomic E-state index is -0.452. The molecular formula is C16H19N3O. The van der Waals surface area contributed by atoms with E-state index in [1.54, 1.807) is 6.21 Å². The van der Waals surface area contributed by atoms with Gasteiger partial charge in [-0.05, 0) is 55.0 Å². The molecule has 0 aromatic heterocycles. The first-order valence-corrected chi connectivity index (χ1v) is 7.01. The maximum Gasteiger partial charge on any atom is 0.236 e. The number of nitrogens with one attached hydrogen (secondary N) is 1. The Labute approximate surface area is 118 Å². The summed E-state index contributed by atoms with van der Waals surface area (Å²) >= 11 is 0. The zero-order chi connectivity index (χ0) is 14.3. The second-order valence-electron chi connectivity index (χ2n) is 5.49. The lowest BCUT2D eigenvalue weighted by Crippen LogP contribution is -2.35. The Morgan fingerprint density at radius 2 is 2.15 bits per heavy atom. The van der Waals surface area contributed by atoms with Crippen molar-refractivity contribution in [2.24, 2.45) is 10.4 Å². The number of nitrogens with zero attached hydrogens (tertiary/aromatic N) is 1. The van der Waals surface area contributed by atoms with Gasteiger partial charge in [0.05, 0.1) is 5.41 Å². The molecule has 1 amide bonds. The van der Waals surface area contributed by atoms with E-state index in [4.69, 9.17) is 5.73 Å². The second-order valence-corrected chi connectivity index (χ2v) is 5.49. The summed E-state index contributed by atoms with van der Waals surface area (Å²) in [6.07, 6.45) is 4.03. The van der Waals surface area contributed by atoms with Crippen molar-refractivity contribution < 1.29 is 4.79 Å². The zero-order valence-electron chi connectivity index (χ0n) is 11.9. The Morgan fingerprint density at radius 3 is 2.85 bits per heavy atom. The average molecular weight is 269 g/mol. The van der Waals surface area contributed by atoms with Gasteiger partial charge in [-0.15, -0.1) is 0 Å². The SMILES string of the molecule is C/C=N\C1=C(CC)C2(Cc3ccc(N)cc3C2)C(=O)N1. The lowest BCUT2D eigenvalue weighted by molar-refractivity contribution is -0.126. The van der Waals surface area contributed by atoms with E-state index in [1.165, 1.54) is 11.1 Å². The molecule has 1 aromatic rings. The Bertz CT molecular complexity index is 645. The van der Waals surface area contributed by atoms with Crippen LogP contribution in [0, 0.1) is 5.41 Å². The van der Waals surface area contributed by atoms with Crippen molar-refractivity contribution in [1.82, 2.24) is 5.32 Å². The minimum Gasteiger partial charge on any atom is -0.399 e. The molecule has 1 aliphatic heterocycles. The Hall–Kier alpha value is -2.10. The first-order chi connectivity index (χ1) is 9.60. The van der Waals surface area contributed by atoms with Crippen molar-refractivity contribution in [3.05, 3.63) is 40.7 Å². The number of fused-ring (bicyclic) bond motifs is 1. The number of anilines is 1. The smallest absolute Gasteiger partial charge is 0.236 e. The van der Waals surface area contributed by atoms with Crippen LogP contribution in [0.3, 0.4) is 0 Å². The molecule has 1 spiro atoms. The highest BCUT2D eigenvalue weighted by Gasteiger charge is 2.51. The van der Waals surface area contributed by atoms with Gasteiger partial charge in [-0.1, -0.05) is 13.0 Å². The molecule has 104 valence electrons. The number of carbonyl (C=O) groups is 1. The molecule has 20 heavy (non-hydrogen) atoms. The maximum absolute atomic E-state index is 12.5. The summed E-state index contributed by atoms with van der Waals surface area (Å²) in [4.78, 5) is 16.9. The predicted octanol–water partition coefficient (Wildman–Crippen LogP) is 2.20. The third-order valence-electron chi connectivity index (χ3n) is 4.36. The van der Waals surface area contributed by atoms with Gasteiger partial charge in [0, 0.05) is 11.9 Å². The quantitative estimate of drug-likeness (QED) is 0.638. The summed E-state index contributed by atoms with van der Waals surface area (Å²) in [5.74, 6) is 0.811. The van der Waals surface area contributed by atoms with E-state index >= 15 is 0 Å². The van der Waals surface area contributed by atoms with Crippen LogP contribution in [0.5, 0.6) is 0 Å². The Kier molecular flexibility index (Phi) is 2.89. The van der Waals surface area contributed by atoms with Crippen LogP contribution in [0.25, 0.3) is 0 Å². The molecule has 0 saturated heterocycles. The number of nitrogen functional groups attached to an aromatic ring is 1. The fraction of sp³-hybridized carbons (Fsp3) is 0.375. The fourth-order valence-corrected chi connectivity index (χ4v) is 3.48. The highest BCUT2D eigenvalue weighted by Crippen LogP contribution is 2.48. The number of carbonyl (C=O) groups excluding carboxylic acids is 1. The third-order valence-corrected chi connectivity index (χ3v) is 4.36. The standard InChI is InChI=1S/C16H19N3O/c1-3-13-14(18-4-2)19-15(20)16(13)8-10-5-6-12(17)7-11(10)9-16/h4-7H,3,8-9,17H2,1-2H3,(H,19,20)/b18-4-. The van der Waals surface area contributed by atoms with Gasteiger partial charge >= 0.3 is 0 Å². The lowest BCUT2D eigenvalue weighted by Gasteiger charge is -2.23. The molecule has 1 unspecified atom stereocenters. The predicted molar refractivity (Wildman–Crippen MR) is 80.3 cm³/mol. The molecule has 0 radical (unpaired) electrons. The van der Waals surface area contributed by atoms with Gasteiger partial charge in [0.25, 0.3) is 0 Å². The van der Waals surface area contributed by atoms with Gasteiger partial charge in [0.1, 0.15) is 5.82 Å². The first-order valence-electron chi connectivity index (χ1n) is 7.01. The minimum absolute atomic E-state index is 0.0738. The van der Waals surface area contributed by atoms with Crippen molar-refractivity contribution in [2.45, 2.75) is 33.1 Å². The summed E-state index contributed by atoms with van der Waals surface area (Å²) in [5, 5.41) is 2.95. The van der Waals surface area contributed by atoms with Crippen LogP contribution in [0.1, 0.15) is 31.4 Å². The van der Waals surface area contributed by atoms with E-state index in [-0.39, 0.29) is 5.91 Å². The van der Waals surface area contributed by atoms with Crippen molar-refractivity contribution in [2.75, 3.05) is 5.73 Å². The number of rotatable bonds is 2. The number of benzene rings is 1. The Balaban J connectivity index is 2.08. The molecule has 3 N–H and O–H groups in total. The van der Waals surface area contributed by atoms with E-state index in [2.05, 4.69) is 17.2 Å². The second kappa shape index (κ2) is 4.47. The number of nitrogens with two attached hydrogens (primary N) is 1. The summed E-state index contributed by atoms with van der Waals surface area (Å²) < 4.78 is 0. The summed E-state index contributed by atoms with van der Waals surface area (Å²) in [5.41, 5.74) is 9.70. The van der Waals surface area contributed by atoms with E-state index in [0.717, 1.165) is 36.3 Å². The van der Waals surface area contributed by atoms with Crippen LogP contribution in [-0.2, 0) is 17.6 Å². The van der Waals surface area contributed by atoms with Crippen LogP contribution in [-0.4, -0.2) is 12.1 Å². The van der Waals surface area contributed by atoms with Crippen molar-refractivity contribution in [1.29, 1.82) is 0 Å². The fourth-order valence-electron chi connectivity index (χ4n) is 3.48. The summed E-state index contributed by atoms with van der Waals surface area (Å²) in [6.45, 7) is 3.95. The van der Waals surface area contributed by atoms with Gasteiger partial charge in [0.2, 0.25) is 5.91 Å². The zero-order valence-corrected chi connectivity index (χ0v) is 11.9. The third kappa shape index (κ3) is 1.68. The molecule has 0 fully saturated rings. The normalized spacial score (nSPS) is 24.8. The van der Waals surface area contributed by atoms with Crippen LogP contribution in [0.2, 0.25) is 0 Å². The first kappa shape index (κ1) is 12.9. The van der Waals surface area contributed by atoms with E-state index in [0.29, 0.717) is 0 Å². The maximum atomic E-state index is 12.5. The van der Waals surface area contributed by atoms with Crippen molar-refractivity contribution in [3.63, 3.8) is 0 Å². The number of hydrogen-bond donors (Lipinski definition) is 2. The molecule has 4 nitrogen and oxygen atoms in total. The number of hydrogen-bond acceptors (Lipinski definition) is 3. The Morgan fingerprint density at radius 1 is 1.40 bits per heavy atom. The molecule has 0 bridgehead atoms. The molecule has 0 saturated carbocycles. The van der Waals surface area contributed by atoms with E-state index < -0.39 is 5.41 Å². The van der Waals surface area contributed by atoms with Gasteiger partial charge in [-0.3, -0.25) is 4.79 Å². The topological polar surface area (TPSA) is 67.5 Å². The average Bonchev–Trinajstić information content (AvgIpc) is 2.89. The molecular weight excluding hydrogens is 250 g/mol. The largest absolute Gasteiger partial charge is 0.399 e.